The van der Waals surface area contributed by atoms with Crippen LogP contribution in [0.3, 0.4) is 0 Å². The molecule has 0 spiro atoms. The molecule has 0 amide bonds. The smallest absolute Gasteiger partial charge is 0.0829 e. The maximum Gasteiger partial charge on any atom is 0.0829 e. The van der Waals surface area contributed by atoms with Gasteiger partial charge in [0.05, 0.1) is 12.2 Å². The Bertz CT molecular complexity index is 409. The largest absolute Gasteiger partial charge is 0.370 e. The molecule has 2 atom stereocenters. The molecule has 1 aliphatic heterocycles. The van der Waals surface area contributed by atoms with Gasteiger partial charge in [-0.3, -0.25) is 0 Å². The van der Waals surface area contributed by atoms with Gasteiger partial charge in [0, 0.05) is 0 Å². The van der Waals surface area contributed by atoms with E-state index in [1.165, 1.54) is 63.4 Å². The van der Waals surface area contributed by atoms with Crippen LogP contribution in [0.25, 0.3) is 0 Å². The highest BCUT2D eigenvalue weighted by Gasteiger charge is 2.25. The van der Waals surface area contributed by atoms with Gasteiger partial charge in [-0.25, -0.2) is 0 Å². The summed E-state index contributed by atoms with van der Waals surface area (Å²) in [6.45, 7) is 2.27. The average molecular weight is 300 g/mol. The van der Waals surface area contributed by atoms with Gasteiger partial charge in [0.25, 0.3) is 0 Å². The Morgan fingerprint density at radius 2 is 1.73 bits per heavy atom. The zero-order valence-electron chi connectivity index (χ0n) is 14.2. The van der Waals surface area contributed by atoms with Crippen molar-refractivity contribution in [2.45, 2.75) is 83.3 Å². The Hall–Kier alpha value is -1.08. The molecule has 0 aliphatic carbocycles. The van der Waals surface area contributed by atoms with E-state index in [4.69, 9.17) is 4.74 Å². The van der Waals surface area contributed by atoms with Gasteiger partial charge in [-0.05, 0) is 37.7 Å². The molecule has 1 nitrogen and oxygen atoms in total. The van der Waals surface area contributed by atoms with Crippen molar-refractivity contribution in [1.82, 2.24) is 0 Å². The topological polar surface area (TPSA) is 9.23 Å². The summed E-state index contributed by atoms with van der Waals surface area (Å²) in [7, 11) is 0. The molecular weight excluding hydrogens is 268 g/mol. The fourth-order valence-corrected chi connectivity index (χ4v) is 3.20. The summed E-state index contributed by atoms with van der Waals surface area (Å²) >= 11 is 0. The number of hydrogen-bond donors (Lipinski definition) is 0. The molecule has 0 bridgehead atoms. The number of ether oxygens (including phenoxy) is 1. The summed E-state index contributed by atoms with van der Waals surface area (Å²) in [5.41, 5.74) is 1.33. The Labute approximate surface area is 136 Å². The Kier molecular flexibility index (Phi) is 8.33. The minimum atomic E-state index is 0.318. The lowest BCUT2D eigenvalue weighted by atomic mass is 10.1. The van der Waals surface area contributed by atoms with Gasteiger partial charge in [0.1, 0.15) is 0 Å². The Balaban J connectivity index is 1.54. The third-order valence-corrected chi connectivity index (χ3v) is 4.57. The quantitative estimate of drug-likeness (QED) is 0.349. The average Bonchev–Trinajstić information content (AvgIpc) is 3.03. The van der Waals surface area contributed by atoms with Crippen molar-refractivity contribution in [1.29, 1.82) is 0 Å². The maximum absolute atomic E-state index is 6.17. The summed E-state index contributed by atoms with van der Waals surface area (Å²) < 4.78 is 6.17. The van der Waals surface area contributed by atoms with E-state index in [1.807, 2.05) is 0 Å². The van der Waals surface area contributed by atoms with Crippen LogP contribution in [0.4, 0.5) is 0 Å². The first-order valence-corrected chi connectivity index (χ1v) is 9.25. The summed E-state index contributed by atoms with van der Waals surface area (Å²) in [6.07, 6.45) is 18.4. The van der Waals surface area contributed by atoms with Crippen LogP contribution >= 0.6 is 0 Å². The van der Waals surface area contributed by atoms with Crippen LogP contribution in [0.2, 0.25) is 0 Å². The molecule has 0 unspecified atom stereocenters. The normalized spacial score (nSPS) is 21.7. The molecule has 22 heavy (non-hydrogen) atoms. The molecule has 0 radical (unpaired) electrons. The fraction of sp³-hybridized carbons (Fsp3) is 0.619. The summed E-state index contributed by atoms with van der Waals surface area (Å²) in [6, 6.07) is 10.6. The highest BCUT2D eigenvalue weighted by Crippen LogP contribution is 2.33. The lowest BCUT2D eigenvalue weighted by Gasteiger charge is -2.12. The van der Waals surface area contributed by atoms with Crippen LogP contribution in [-0.2, 0) is 4.74 Å². The van der Waals surface area contributed by atoms with Crippen molar-refractivity contribution in [2.75, 3.05) is 0 Å². The van der Waals surface area contributed by atoms with Crippen LogP contribution in [-0.4, -0.2) is 6.10 Å². The summed E-state index contributed by atoms with van der Waals surface area (Å²) in [4.78, 5) is 0. The molecule has 1 aliphatic rings. The third kappa shape index (κ3) is 6.36. The predicted octanol–water partition coefficient (Wildman–Crippen LogP) is 6.60. The molecule has 122 valence electrons. The minimum Gasteiger partial charge on any atom is -0.370 e. The Morgan fingerprint density at radius 3 is 2.55 bits per heavy atom. The molecule has 0 aromatic heterocycles. The van der Waals surface area contributed by atoms with Crippen molar-refractivity contribution in [3.63, 3.8) is 0 Å². The minimum absolute atomic E-state index is 0.318. The number of rotatable bonds is 10. The second kappa shape index (κ2) is 10.6. The lowest BCUT2D eigenvalue weighted by molar-refractivity contribution is 0.0466. The molecule has 0 N–H and O–H groups in total. The van der Waals surface area contributed by atoms with E-state index >= 15 is 0 Å². The SMILES string of the molecule is CCCCCCCC/C=C/C[C@@H]1CC[C@@H](c2ccccc2)O1. The fourth-order valence-electron chi connectivity index (χ4n) is 3.20. The van der Waals surface area contributed by atoms with E-state index < -0.39 is 0 Å². The van der Waals surface area contributed by atoms with Gasteiger partial charge in [-0.2, -0.15) is 0 Å². The van der Waals surface area contributed by atoms with E-state index in [0.29, 0.717) is 12.2 Å². The van der Waals surface area contributed by atoms with E-state index in [2.05, 4.69) is 49.4 Å². The first-order valence-electron chi connectivity index (χ1n) is 9.25. The molecule has 2 rings (SSSR count). The van der Waals surface area contributed by atoms with Crippen LogP contribution < -0.4 is 0 Å². The first kappa shape index (κ1) is 17.3. The van der Waals surface area contributed by atoms with E-state index in [9.17, 15) is 0 Å². The lowest BCUT2D eigenvalue weighted by Crippen LogP contribution is -2.04. The van der Waals surface area contributed by atoms with Gasteiger partial charge in [0.15, 0.2) is 0 Å². The van der Waals surface area contributed by atoms with E-state index in [0.717, 1.165) is 6.42 Å². The number of unbranched alkanes of at least 4 members (excludes halogenated alkanes) is 6. The number of benzene rings is 1. The van der Waals surface area contributed by atoms with Gasteiger partial charge in [-0.1, -0.05) is 81.5 Å². The second-order valence-electron chi connectivity index (χ2n) is 6.50. The highest BCUT2D eigenvalue weighted by atomic mass is 16.5. The van der Waals surface area contributed by atoms with Gasteiger partial charge in [-0.15, -0.1) is 0 Å². The molecule has 1 aromatic rings. The third-order valence-electron chi connectivity index (χ3n) is 4.57. The zero-order chi connectivity index (χ0) is 15.5. The van der Waals surface area contributed by atoms with Crippen molar-refractivity contribution in [3.05, 3.63) is 48.0 Å². The molecule has 1 aromatic carbocycles. The molecule has 1 saturated heterocycles. The van der Waals surface area contributed by atoms with Crippen molar-refractivity contribution >= 4 is 0 Å². The molecular formula is C21H32O. The van der Waals surface area contributed by atoms with Crippen LogP contribution in [0.1, 0.15) is 82.8 Å². The van der Waals surface area contributed by atoms with Crippen molar-refractivity contribution in [2.24, 2.45) is 0 Å². The Morgan fingerprint density at radius 1 is 0.955 bits per heavy atom. The van der Waals surface area contributed by atoms with Gasteiger partial charge < -0.3 is 4.74 Å². The number of allylic oxidation sites excluding steroid dienone is 1. The predicted molar refractivity (Wildman–Crippen MR) is 95.0 cm³/mol. The van der Waals surface area contributed by atoms with Crippen molar-refractivity contribution < 1.29 is 4.74 Å². The second-order valence-corrected chi connectivity index (χ2v) is 6.50. The summed E-state index contributed by atoms with van der Waals surface area (Å²) in [5, 5.41) is 0. The van der Waals surface area contributed by atoms with Crippen LogP contribution in [0, 0.1) is 0 Å². The highest BCUT2D eigenvalue weighted by molar-refractivity contribution is 5.18. The molecule has 1 fully saturated rings. The maximum atomic E-state index is 6.17. The monoisotopic (exact) mass is 300 g/mol. The molecule has 1 heteroatoms. The molecule has 1 heterocycles. The van der Waals surface area contributed by atoms with Gasteiger partial charge in [0.2, 0.25) is 0 Å². The van der Waals surface area contributed by atoms with Crippen LogP contribution in [0.15, 0.2) is 42.5 Å². The first-order chi connectivity index (χ1) is 10.9. The van der Waals surface area contributed by atoms with Gasteiger partial charge >= 0.3 is 0 Å². The number of hydrogen-bond acceptors (Lipinski definition) is 1. The summed E-state index contributed by atoms with van der Waals surface area (Å²) in [5.74, 6) is 0. The van der Waals surface area contributed by atoms with Crippen molar-refractivity contribution in [3.8, 4) is 0 Å². The zero-order valence-corrected chi connectivity index (χ0v) is 14.2. The molecule has 0 saturated carbocycles. The standard InChI is InChI=1S/C21H32O/c1-2-3-4-5-6-7-8-9-13-16-20-17-18-21(22-20)19-14-11-10-12-15-19/h9-15,20-21H,2-8,16-18H2,1H3/b13-9+/t20-,21+/m1/s1. The van der Waals surface area contributed by atoms with E-state index in [1.54, 1.807) is 0 Å². The van der Waals surface area contributed by atoms with Crippen LogP contribution in [0.5, 0.6) is 0 Å². The van der Waals surface area contributed by atoms with E-state index in [-0.39, 0.29) is 0 Å².